The molecule has 1 aromatic carbocycles. The van der Waals surface area contributed by atoms with Gasteiger partial charge in [-0.1, -0.05) is 18.2 Å². The van der Waals surface area contributed by atoms with Crippen molar-refractivity contribution in [3.05, 3.63) is 48.2 Å². The van der Waals surface area contributed by atoms with Crippen LogP contribution in [0.3, 0.4) is 0 Å². The van der Waals surface area contributed by atoms with E-state index < -0.39 is 0 Å². The number of anilines is 1. The lowest BCUT2D eigenvalue weighted by molar-refractivity contribution is 0.102. The van der Waals surface area contributed by atoms with Crippen molar-refractivity contribution >= 4 is 33.5 Å². The summed E-state index contributed by atoms with van der Waals surface area (Å²) in [7, 11) is 4.05. The summed E-state index contributed by atoms with van der Waals surface area (Å²) in [6.45, 7) is 3.17. The van der Waals surface area contributed by atoms with Crippen molar-refractivity contribution in [2.24, 2.45) is 0 Å². The molecule has 7 heteroatoms. The second-order valence-electron chi connectivity index (χ2n) is 6.98. The van der Waals surface area contributed by atoms with Gasteiger partial charge < -0.3 is 15.2 Å². The highest BCUT2D eigenvalue weighted by atomic mass is 16.1. The number of rotatable bonds is 6. The molecule has 0 fully saturated rings. The predicted octanol–water partition coefficient (Wildman–Crippen LogP) is 3.35. The van der Waals surface area contributed by atoms with Gasteiger partial charge in [0.05, 0.1) is 16.6 Å². The smallest absolute Gasteiger partial charge is 0.180 e. The first kappa shape index (κ1) is 18.1. The normalized spacial score (nSPS) is 11.4. The number of carbonyl (C=O) groups is 1. The topological polar surface area (TPSA) is 86.8 Å². The largest absolute Gasteiger partial charge is 0.368 e. The summed E-state index contributed by atoms with van der Waals surface area (Å²) in [5.74, 6) is 1.14. The summed E-state index contributed by atoms with van der Waals surface area (Å²) < 4.78 is 0. The van der Waals surface area contributed by atoms with E-state index in [1.54, 1.807) is 13.1 Å². The molecule has 0 saturated heterocycles. The number of H-pyrrole nitrogens is 1. The Morgan fingerprint density at radius 2 is 1.89 bits per heavy atom. The molecule has 0 aliphatic heterocycles. The van der Waals surface area contributed by atoms with Crippen molar-refractivity contribution in [1.82, 2.24) is 24.8 Å². The number of aromatic amines is 1. The number of carbonyl (C=O) groups excluding carboxylic acids is 1. The number of aromatic nitrogens is 4. The van der Waals surface area contributed by atoms with Gasteiger partial charge >= 0.3 is 0 Å². The number of pyridine rings is 1. The van der Waals surface area contributed by atoms with Crippen LogP contribution < -0.4 is 5.32 Å². The standard InChI is InChI=1S/C21H22N6O/c1-13(28)17-14-7-4-5-9-16(14)24-18(17)21-25-19-15(8-6-10-22-19)20(26-21)23-11-12-27(2)3/h4-10,24H,11-12H2,1-3H3,(H,22,23,25,26). The Balaban J connectivity index is 1.88. The number of hydrogen-bond donors (Lipinski definition) is 2. The zero-order valence-corrected chi connectivity index (χ0v) is 16.2. The second-order valence-corrected chi connectivity index (χ2v) is 6.98. The number of para-hydroxylation sites is 1. The van der Waals surface area contributed by atoms with E-state index in [0.717, 1.165) is 29.4 Å². The van der Waals surface area contributed by atoms with Gasteiger partial charge in [0.2, 0.25) is 0 Å². The van der Waals surface area contributed by atoms with Crippen molar-refractivity contribution in [2.45, 2.75) is 6.92 Å². The van der Waals surface area contributed by atoms with Crippen LogP contribution in [-0.4, -0.2) is 57.8 Å². The summed E-state index contributed by atoms with van der Waals surface area (Å²) in [6.07, 6.45) is 1.71. The van der Waals surface area contributed by atoms with E-state index in [1.807, 2.05) is 50.5 Å². The average molecular weight is 374 g/mol. The molecule has 142 valence electrons. The highest BCUT2D eigenvalue weighted by molar-refractivity contribution is 6.12. The van der Waals surface area contributed by atoms with Crippen molar-refractivity contribution in [1.29, 1.82) is 0 Å². The minimum Gasteiger partial charge on any atom is -0.368 e. The van der Waals surface area contributed by atoms with Crippen molar-refractivity contribution < 1.29 is 4.79 Å². The fourth-order valence-corrected chi connectivity index (χ4v) is 3.28. The van der Waals surface area contributed by atoms with E-state index in [0.29, 0.717) is 28.5 Å². The zero-order valence-electron chi connectivity index (χ0n) is 16.2. The number of ketones is 1. The zero-order chi connectivity index (χ0) is 19.7. The number of hydrogen-bond acceptors (Lipinski definition) is 6. The van der Waals surface area contributed by atoms with Crippen molar-refractivity contribution in [3.63, 3.8) is 0 Å². The Morgan fingerprint density at radius 3 is 2.68 bits per heavy atom. The molecule has 0 saturated carbocycles. The molecule has 0 unspecified atom stereocenters. The maximum Gasteiger partial charge on any atom is 0.180 e. The third-order valence-corrected chi connectivity index (χ3v) is 4.60. The quantitative estimate of drug-likeness (QED) is 0.503. The van der Waals surface area contributed by atoms with E-state index in [9.17, 15) is 4.79 Å². The van der Waals surface area contributed by atoms with Crippen LogP contribution in [0, 0.1) is 0 Å². The Labute approximate surface area is 162 Å². The number of fused-ring (bicyclic) bond motifs is 2. The molecule has 3 heterocycles. The van der Waals surface area contributed by atoms with Gasteiger partial charge in [0.1, 0.15) is 5.82 Å². The van der Waals surface area contributed by atoms with Crippen LogP contribution in [0.4, 0.5) is 5.82 Å². The lowest BCUT2D eigenvalue weighted by atomic mass is 10.1. The second kappa shape index (κ2) is 7.36. The van der Waals surface area contributed by atoms with Crippen LogP contribution in [0.15, 0.2) is 42.6 Å². The highest BCUT2D eigenvalue weighted by Crippen LogP contribution is 2.31. The first-order valence-electron chi connectivity index (χ1n) is 9.18. The SMILES string of the molecule is CC(=O)c1c(-c2nc(NCCN(C)C)c3cccnc3n2)[nH]c2ccccc12. The van der Waals surface area contributed by atoms with Crippen LogP contribution >= 0.6 is 0 Å². The van der Waals surface area contributed by atoms with Crippen molar-refractivity contribution in [3.8, 4) is 11.5 Å². The third-order valence-electron chi connectivity index (χ3n) is 4.60. The molecule has 0 atom stereocenters. The molecule has 2 N–H and O–H groups in total. The average Bonchev–Trinajstić information content (AvgIpc) is 3.07. The van der Waals surface area contributed by atoms with Crippen LogP contribution in [0.2, 0.25) is 0 Å². The number of nitrogens with one attached hydrogen (secondary N) is 2. The van der Waals surface area contributed by atoms with E-state index in [4.69, 9.17) is 4.98 Å². The van der Waals surface area contributed by atoms with Crippen molar-refractivity contribution in [2.75, 3.05) is 32.5 Å². The fourth-order valence-electron chi connectivity index (χ4n) is 3.28. The summed E-state index contributed by atoms with van der Waals surface area (Å²) in [5.41, 5.74) is 2.70. The Hall–Kier alpha value is -3.32. The van der Waals surface area contributed by atoms with E-state index in [-0.39, 0.29) is 5.78 Å². The van der Waals surface area contributed by atoms with Gasteiger partial charge in [-0.2, -0.15) is 0 Å². The Kier molecular flexibility index (Phi) is 4.75. The molecule has 7 nitrogen and oxygen atoms in total. The van der Waals surface area contributed by atoms with Gasteiger partial charge in [0.15, 0.2) is 17.3 Å². The molecule has 0 bridgehead atoms. The van der Waals surface area contributed by atoms with Gasteiger partial charge in [-0.15, -0.1) is 0 Å². The van der Waals surface area contributed by atoms with E-state index in [1.165, 1.54) is 0 Å². The number of likely N-dealkylation sites (N-methyl/N-ethyl adjacent to an activating group) is 1. The minimum absolute atomic E-state index is 0.0284. The van der Waals surface area contributed by atoms with Crippen LogP contribution in [-0.2, 0) is 0 Å². The Morgan fingerprint density at radius 1 is 1.11 bits per heavy atom. The maximum absolute atomic E-state index is 12.4. The maximum atomic E-state index is 12.4. The fraction of sp³-hybridized carbons (Fsp3) is 0.238. The number of benzene rings is 1. The molecule has 28 heavy (non-hydrogen) atoms. The molecule has 0 radical (unpaired) electrons. The highest BCUT2D eigenvalue weighted by Gasteiger charge is 2.20. The van der Waals surface area contributed by atoms with E-state index >= 15 is 0 Å². The van der Waals surface area contributed by atoms with Gasteiger partial charge in [0, 0.05) is 30.2 Å². The van der Waals surface area contributed by atoms with Gasteiger partial charge in [-0.05, 0) is 39.2 Å². The number of Topliss-reactive ketones (excluding diaryl/α,β-unsaturated/α-hetero) is 1. The molecule has 0 aliphatic rings. The lowest BCUT2D eigenvalue weighted by Crippen LogP contribution is -2.21. The molecule has 0 spiro atoms. The van der Waals surface area contributed by atoms with E-state index in [2.05, 4.69) is 25.2 Å². The molecule has 0 amide bonds. The minimum atomic E-state index is -0.0284. The Bertz CT molecular complexity index is 1160. The van der Waals surface area contributed by atoms with Gasteiger partial charge in [0.25, 0.3) is 0 Å². The molecular weight excluding hydrogens is 352 g/mol. The number of nitrogens with zero attached hydrogens (tertiary/aromatic N) is 4. The van der Waals surface area contributed by atoms with Crippen LogP contribution in [0.5, 0.6) is 0 Å². The first-order valence-corrected chi connectivity index (χ1v) is 9.18. The molecule has 4 aromatic rings. The summed E-state index contributed by atoms with van der Waals surface area (Å²) >= 11 is 0. The summed E-state index contributed by atoms with van der Waals surface area (Å²) in [4.78, 5) is 31.6. The van der Waals surface area contributed by atoms with Crippen LogP contribution in [0.25, 0.3) is 33.5 Å². The molecule has 0 aliphatic carbocycles. The van der Waals surface area contributed by atoms with Gasteiger partial charge in [-0.3, -0.25) is 4.79 Å². The molecule has 4 rings (SSSR count). The predicted molar refractivity (Wildman–Crippen MR) is 112 cm³/mol. The third kappa shape index (κ3) is 3.32. The first-order chi connectivity index (χ1) is 13.5. The molecule has 3 aromatic heterocycles. The van der Waals surface area contributed by atoms with Crippen LogP contribution in [0.1, 0.15) is 17.3 Å². The monoisotopic (exact) mass is 374 g/mol. The summed E-state index contributed by atoms with van der Waals surface area (Å²) in [5, 5.41) is 5.10. The molecular formula is C21H22N6O. The summed E-state index contributed by atoms with van der Waals surface area (Å²) in [6, 6.07) is 11.5. The van der Waals surface area contributed by atoms with Gasteiger partial charge in [-0.25, -0.2) is 15.0 Å². The lowest BCUT2D eigenvalue weighted by Gasteiger charge is -2.13.